The largest absolute Gasteiger partial charge is 0.480 e. The van der Waals surface area contributed by atoms with Crippen molar-refractivity contribution in [1.29, 1.82) is 0 Å². The number of aliphatic carboxylic acids is 1. The maximum absolute atomic E-state index is 12.4. The van der Waals surface area contributed by atoms with Crippen LogP contribution in [-0.4, -0.2) is 22.6 Å². The average Bonchev–Trinajstić information content (AvgIpc) is 2.98. The van der Waals surface area contributed by atoms with E-state index in [0.29, 0.717) is 12.8 Å². The molecule has 0 saturated heterocycles. The molecule has 1 N–H and O–H groups in total. The zero-order valence-electron chi connectivity index (χ0n) is 11.5. The van der Waals surface area contributed by atoms with Gasteiger partial charge in [0.1, 0.15) is 5.60 Å². The molecule has 2 aliphatic carbocycles. The first kappa shape index (κ1) is 14.1. The number of esters is 1. The molecule has 19 heavy (non-hydrogen) atoms. The quantitative estimate of drug-likeness (QED) is 0.482. The van der Waals surface area contributed by atoms with Crippen LogP contribution in [-0.2, 0) is 14.3 Å². The van der Waals surface area contributed by atoms with Crippen LogP contribution in [0.15, 0.2) is 12.2 Å². The Morgan fingerprint density at radius 1 is 1.05 bits per heavy atom. The summed E-state index contributed by atoms with van der Waals surface area (Å²) in [5.41, 5.74) is -1.11. The number of hydrogen-bond acceptors (Lipinski definition) is 3. The first-order valence-corrected chi connectivity index (χ1v) is 7.06. The van der Waals surface area contributed by atoms with E-state index in [9.17, 15) is 14.7 Å². The second-order valence-electron chi connectivity index (χ2n) is 5.97. The number of ether oxygens (including phenoxy) is 1. The molecule has 106 valence electrons. The van der Waals surface area contributed by atoms with E-state index in [-0.39, 0.29) is 0 Å². The van der Waals surface area contributed by atoms with Gasteiger partial charge in [-0.15, -0.1) is 0 Å². The average molecular weight is 266 g/mol. The Hall–Kier alpha value is -1.32. The summed E-state index contributed by atoms with van der Waals surface area (Å²) in [4.78, 5) is 23.9. The highest BCUT2D eigenvalue weighted by atomic mass is 16.6. The Morgan fingerprint density at radius 2 is 1.53 bits per heavy atom. The van der Waals surface area contributed by atoms with Gasteiger partial charge in [-0.1, -0.05) is 19.4 Å². The lowest BCUT2D eigenvalue weighted by Crippen LogP contribution is -2.44. The summed E-state index contributed by atoms with van der Waals surface area (Å²) in [5, 5.41) is 9.41. The first-order valence-electron chi connectivity index (χ1n) is 7.06. The summed E-state index contributed by atoms with van der Waals surface area (Å²) in [6.45, 7) is 5.79. The third-order valence-corrected chi connectivity index (χ3v) is 4.73. The zero-order valence-corrected chi connectivity index (χ0v) is 11.5. The lowest BCUT2D eigenvalue weighted by atomic mass is 9.85. The Kier molecular flexibility index (Phi) is 3.70. The maximum atomic E-state index is 12.4. The predicted octanol–water partition coefficient (Wildman–Crippen LogP) is 3.06. The van der Waals surface area contributed by atoms with Gasteiger partial charge >= 0.3 is 11.9 Å². The molecule has 0 aromatic carbocycles. The van der Waals surface area contributed by atoms with Crippen LogP contribution >= 0.6 is 0 Å². The topological polar surface area (TPSA) is 63.6 Å². The number of carbonyl (C=O) groups excluding carboxylic acids is 1. The molecule has 2 rings (SSSR count). The van der Waals surface area contributed by atoms with Gasteiger partial charge in [0.25, 0.3) is 0 Å². The third kappa shape index (κ3) is 2.28. The Labute approximate surface area is 113 Å². The van der Waals surface area contributed by atoms with E-state index in [4.69, 9.17) is 4.74 Å². The molecule has 4 nitrogen and oxygen atoms in total. The molecule has 0 unspecified atom stereocenters. The summed E-state index contributed by atoms with van der Waals surface area (Å²) in [6.07, 6.45) is 5.89. The minimum Gasteiger partial charge on any atom is -0.480 e. The Balaban J connectivity index is 2.19. The fourth-order valence-electron chi connectivity index (χ4n) is 3.32. The van der Waals surface area contributed by atoms with Crippen LogP contribution in [0.3, 0.4) is 0 Å². The van der Waals surface area contributed by atoms with E-state index in [0.717, 1.165) is 44.1 Å². The molecular weight excluding hydrogens is 244 g/mol. The number of carbonyl (C=O) groups is 2. The van der Waals surface area contributed by atoms with Gasteiger partial charge in [0.05, 0.1) is 0 Å². The van der Waals surface area contributed by atoms with Gasteiger partial charge in [-0.2, -0.15) is 0 Å². The zero-order chi connectivity index (χ0) is 14.1. The van der Waals surface area contributed by atoms with Gasteiger partial charge in [0.2, 0.25) is 0 Å². The van der Waals surface area contributed by atoms with Crippen molar-refractivity contribution in [2.75, 3.05) is 0 Å². The number of rotatable bonds is 4. The van der Waals surface area contributed by atoms with Crippen molar-refractivity contribution in [3.05, 3.63) is 12.2 Å². The SMILES string of the molecule is C=C(C)C1(OC(=O)C2(C(=O)O)CCCC2)CCCC1. The molecule has 0 aromatic rings. The molecule has 0 aliphatic heterocycles. The predicted molar refractivity (Wildman–Crippen MR) is 70.6 cm³/mol. The lowest BCUT2D eigenvalue weighted by molar-refractivity contribution is -0.177. The van der Waals surface area contributed by atoms with E-state index in [1.165, 1.54) is 0 Å². The van der Waals surface area contributed by atoms with Gasteiger partial charge in [-0.05, 0) is 51.0 Å². The van der Waals surface area contributed by atoms with E-state index in [1.807, 2.05) is 6.92 Å². The second-order valence-corrected chi connectivity index (χ2v) is 5.97. The van der Waals surface area contributed by atoms with Crippen molar-refractivity contribution < 1.29 is 19.4 Å². The molecule has 0 bridgehead atoms. The minimum absolute atomic E-state index is 0.396. The monoisotopic (exact) mass is 266 g/mol. The molecule has 0 aromatic heterocycles. The smallest absolute Gasteiger partial charge is 0.324 e. The van der Waals surface area contributed by atoms with Crippen LogP contribution < -0.4 is 0 Å². The first-order chi connectivity index (χ1) is 8.93. The van der Waals surface area contributed by atoms with E-state index < -0.39 is 23.0 Å². The van der Waals surface area contributed by atoms with Crippen LogP contribution in [0.2, 0.25) is 0 Å². The summed E-state index contributed by atoms with van der Waals surface area (Å²) in [5.74, 6) is -1.59. The van der Waals surface area contributed by atoms with Crippen molar-refractivity contribution in [3.8, 4) is 0 Å². The second kappa shape index (κ2) is 4.99. The van der Waals surface area contributed by atoms with E-state index >= 15 is 0 Å². The van der Waals surface area contributed by atoms with Gasteiger partial charge in [0.15, 0.2) is 5.41 Å². The van der Waals surface area contributed by atoms with Crippen LogP contribution in [0.4, 0.5) is 0 Å². The molecule has 2 fully saturated rings. The van der Waals surface area contributed by atoms with Gasteiger partial charge < -0.3 is 9.84 Å². The van der Waals surface area contributed by atoms with Crippen molar-refractivity contribution in [2.45, 2.75) is 63.9 Å². The van der Waals surface area contributed by atoms with Crippen molar-refractivity contribution in [1.82, 2.24) is 0 Å². The van der Waals surface area contributed by atoms with Gasteiger partial charge in [-0.25, -0.2) is 0 Å². The fraction of sp³-hybridized carbons (Fsp3) is 0.733. The van der Waals surface area contributed by atoms with Crippen LogP contribution in [0.1, 0.15) is 58.3 Å². The summed E-state index contributed by atoms with van der Waals surface area (Å²) in [7, 11) is 0. The summed E-state index contributed by atoms with van der Waals surface area (Å²) >= 11 is 0. The third-order valence-electron chi connectivity index (χ3n) is 4.73. The van der Waals surface area contributed by atoms with E-state index in [1.54, 1.807) is 0 Å². The number of carboxylic acid groups (broad SMARTS) is 1. The molecule has 4 heteroatoms. The highest BCUT2D eigenvalue weighted by Gasteiger charge is 2.52. The number of carboxylic acids is 1. The highest BCUT2D eigenvalue weighted by Crippen LogP contribution is 2.44. The molecule has 0 spiro atoms. The molecule has 0 heterocycles. The molecule has 0 amide bonds. The van der Waals surface area contributed by atoms with Gasteiger partial charge in [0, 0.05) is 0 Å². The lowest BCUT2D eigenvalue weighted by Gasteiger charge is -2.33. The van der Waals surface area contributed by atoms with Crippen molar-refractivity contribution in [2.24, 2.45) is 5.41 Å². The highest BCUT2D eigenvalue weighted by molar-refractivity contribution is 5.99. The standard InChI is InChI=1S/C15H22O4/c1-11(2)15(9-5-6-10-15)19-13(18)14(12(16)17)7-3-4-8-14/h1,3-10H2,2H3,(H,16,17). The van der Waals surface area contributed by atoms with Crippen molar-refractivity contribution in [3.63, 3.8) is 0 Å². The van der Waals surface area contributed by atoms with Crippen LogP contribution in [0.5, 0.6) is 0 Å². The van der Waals surface area contributed by atoms with Crippen molar-refractivity contribution >= 4 is 11.9 Å². The molecule has 2 aliphatic rings. The van der Waals surface area contributed by atoms with Gasteiger partial charge in [-0.3, -0.25) is 9.59 Å². The maximum Gasteiger partial charge on any atom is 0.324 e. The Morgan fingerprint density at radius 3 is 1.95 bits per heavy atom. The molecule has 0 atom stereocenters. The molecule has 2 saturated carbocycles. The fourth-order valence-corrected chi connectivity index (χ4v) is 3.32. The number of hydrogen-bond donors (Lipinski definition) is 1. The van der Waals surface area contributed by atoms with E-state index in [2.05, 4.69) is 6.58 Å². The van der Waals surface area contributed by atoms with Crippen LogP contribution in [0, 0.1) is 5.41 Å². The Bertz CT molecular complexity index is 398. The normalized spacial score (nSPS) is 24.1. The summed E-state index contributed by atoms with van der Waals surface area (Å²) < 4.78 is 5.69. The summed E-state index contributed by atoms with van der Waals surface area (Å²) in [6, 6.07) is 0. The minimum atomic E-state index is -1.31. The van der Waals surface area contributed by atoms with Crippen LogP contribution in [0.25, 0.3) is 0 Å². The molecule has 0 radical (unpaired) electrons. The molecular formula is C15H22O4.